The van der Waals surface area contributed by atoms with Gasteiger partial charge in [-0.1, -0.05) is 72.8 Å². The second kappa shape index (κ2) is 46.4. The van der Waals surface area contributed by atoms with Gasteiger partial charge in [0.2, 0.25) is 100 Å². The molecule has 0 radical (unpaired) electrons. The number of carbonyl (C=O) groups excluding carboxylic acids is 17. The number of amides is 17. The van der Waals surface area contributed by atoms with Gasteiger partial charge in [0.15, 0.2) is 5.96 Å². The minimum absolute atomic E-state index is 0.0345. The van der Waals surface area contributed by atoms with E-state index in [4.69, 9.17) is 43.6 Å². The lowest BCUT2D eigenvalue weighted by atomic mass is 9.87. The Balaban J connectivity index is 1.25. The molecule has 2 fully saturated rings. The molecule has 6 aromatic rings. The van der Waals surface area contributed by atoms with Gasteiger partial charge in [0, 0.05) is 101 Å². The number of H-pyrrole nitrogens is 2. The fourth-order valence-corrected chi connectivity index (χ4v) is 14.0. The van der Waals surface area contributed by atoms with Gasteiger partial charge in [0.25, 0.3) is 0 Å². The molecule has 125 heavy (non-hydrogen) atoms. The summed E-state index contributed by atoms with van der Waals surface area (Å²) in [6.07, 6.45) is -3.91. The number of aromatic amines is 2. The summed E-state index contributed by atoms with van der Waals surface area (Å²) in [5.41, 5.74) is 27.6. The van der Waals surface area contributed by atoms with E-state index < -0.39 is 229 Å². The number of nitrogens with one attached hydrogen (secondary N) is 17. The van der Waals surface area contributed by atoms with Gasteiger partial charge in [-0.05, 0) is 84.2 Å². The second-order valence-electron chi connectivity index (χ2n) is 30.2. The molecular formula is C81H105N23O21. The number of carboxylic acid groups (broad SMARTS) is 1. The van der Waals surface area contributed by atoms with Crippen molar-refractivity contribution in [1.29, 1.82) is 5.41 Å². The van der Waals surface area contributed by atoms with E-state index in [-0.39, 0.29) is 96.2 Å². The van der Waals surface area contributed by atoms with Crippen LogP contribution in [0.1, 0.15) is 113 Å². The number of benzene rings is 4. The van der Waals surface area contributed by atoms with Crippen LogP contribution in [0.15, 0.2) is 110 Å². The topological polar surface area (TPSA) is 713 Å². The number of rotatable bonds is 28. The lowest BCUT2D eigenvalue weighted by molar-refractivity contribution is -0.144. The third kappa shape index (κ3) is 29.9. The van der Waals surface area contributed by atoms with E-state index >= 15 is 33.6 Å². The summed E-state index contributed by atoms with van der Waals surface area (Å²) >= 11 is 0. The van der Waals surface area contributed by atoms with Crippen LogP contribution in [-0.2, 0) is 117 Å². The smallest absolute Gasteiger partial charge is 0.326 e. The Morgan fingerprint density at radius 3 is 1.78 bits per heavy atom. The third-order valence-corrected chi connectivity index (χ3v) is 20.6. The number of primary amides is 4. The molecule has 44 heteroatoms. The van der Waals surface area contributed by atoms with Crippen LogP contribution in [0.4, 0.5) is 0 Å². The standard InChI is InChI=1S/C81H105N23O21/c1-42(105)93-52-14-7-8-26-89-67(110)38-61(76(119)101-60(36-65(84)108)75(118)102-62(78(121)122)37-66(85)109)103-79(123)81(24-28-125-29-25-81)104-77(120)56(32-44-16-19-45-10-3-4-11-46(45)30-44)97-71(114)55(31-43-17-20-49(124-2)21-18-43)96-69(112)53(15-9-27-90-80(86)87)94-70(113)54(22-23-63(82)106)95-72(115)57(33-47-39-91-51-13-6-5-12-50(47)51)98-73(116)58(34-48-40-88-41-92-48)99-74(117)59(35-64(83)107)100-68(52)111/h3-6,10-13,16-21,30,39-41,52-62,91H,7-9,14-15,22-29,31-38H2,1-2H3,(H2,82,106)(H2,83,107)(H2,84,108)(H2,85,109)(H,88,92)(H,89,110)(H,93,105)(H,94,113)(H,95,115)(H,96,112)(H,97,114)(H,98,116)(H,99,117)(H,100,111)(H,101,119)(H,102,118)(H,103,123)(H,104,120)(H,121,122)(H4,86,87,90)/t52?,53-,54-,55-,56-,57-,58?,59-,60-,61?,62-/m0/s1. The van der Waals surface area contributed by atoms with E-state index in [0.717, 1.165) is 12.3 Å². The largest absolute Gasteiger partial charge is 0.497 e. The highest BCUT2D eigenvalue weighted by atomic mass is 16.5. The second-order valence-corrected chi connectivity index (χ2v) is 30.2. The normalized spacial score (nSPS) is 21.3. The fraction of sp³-hybridized carbons (Fsp3) is 0.432. The van der Waals surface area contributed by atoms with Gasteiger partial charge < -0.3 is 128 Å². The average Bonchev–Trinajstić information content (AvgIpc) is 1.08. The molecular weight excluding hydrogens is 1630 g/mol. The van der Waals surface area contributed by atoms with E-state index in [1.165, 1.54) is 19.6 Å². The number of nitrogens with two attached hydrogens (primary N) is 5. The number of carboxylic acids is 1. The van der Waals surface area contributed by atoms with Crippen LogP contribution >= 0.6 is 0 Å². The number of para-hydroxylation sites is 1. The zero-order valence-corrected chi connectivity index (χ0v) is 68.5. The maximum absolute atomic E-state index is 15.7. The molecule has 0 bridgehead atoms. The van der Waals surface area contributed by atoms with Crippen molar-refractivity contribution in [2.24, 2.45) is 28.7 Å². The monoisotopic (exact) mass is 1740 g/mol. The fourth-order valence-electron chi connectivity index (χ4n) is 14.0. The number of imidazole rings is 1. The molecule has 2 saturated heterocycles. The van der Waals surface area contributed by atoms with Crippen LogP contribution in [0.3, 0.4) is 0 Å². The molecule has 8 rings (SSSR count). The number of nitrogens with zero attached hydrogens (tertiary/aromatic N) is 1. The van der Waals surface area contributed by atoms with Gasteiger partial charge in [-0.15, -0.1) is 0 Å². The zero-order chi connectivity index (χ0) is 91.0. The van der Waals surface area contributed by atoms with Crippen LogP contribution in [-0.4, -0.2) is 238 Å². The lowest BCUT2D eigenvalue weighted by Crippen LogP contribution is -2.67. The van der Waals surface area contributed by atoms with Gasteiger partial charge in [-0.25, -0.2) is 9.78 Å². The molecule has 17 amide bonds. The first kappa shape index (κ1) is 95.8. The van der Waals surface area contributed by atoms with Crippen LogP contribution in [0.25, 0.3) is 21.7 Å². The number of hydrogen-bond donors (Lipinski definition) is 23. The summed E-state index contributed by atoms with van der Waals surface area (Å²) in [6.45, 7) is 0.180. The molecule has 3 unspecified atom stereocenters. The maximum atomic E-state index is 15.7. The molecule has 1 spiro atoms. The summed E-state index contributed by atoms with van der Waals surface area (Å²) in [5, 5.41) is 55.2. The SMILES string of the molecule is COc1ccc(C[C@@H]2NC(=O)[C@H](CCCNC(=N)N)NC(=O)[C@H](CCC(N)=O)NC(=O)[C@H](Cc3c[nH]c4ccccc34)NC(=O)C(Cc3c[nH]cn3)NC(=O)[C@H](CC(N)=O)NC(=O)C(NC(C)=O)CCCCNC(=O)CC(C(=O)N[C@@H](CC(N)=O)C(=O)N[C@@H](CC(N)=O)C(=O)O)NC(=O)C3(CCOCC3)NC(=O)[C@H](Cc3ccc4ccccc4c3)NC2=O)cc1. The van der Waals surface area contributed by atoms with Crippen molar-refractivity contribution in [2.45, 2.75) is 188 Å². The molecule has 11 atom stereocenters. The molecule has 670 valence electrons. The van der Waals surface area contributed by atoms with Gasteiger partial charge in [-0.3, -0.25) is 86.9 Å². The van der Waals surface area contributed by atoms with E-state index in [1.807, 2.05) is 11.4 Å². The molecule has 28 N–H and O–H groups in total. The van der Waals surface area contributed by atoms with E-state index in [2.05, 4.69) is 84.1 Å². The lowest BCUT2D eigenvalue weighted by Gasteiger charge is -2.38. The van der Waals surface area contributed by atoms with Crippen LogP contribution in [0, 0.1) is 5.41 Å². The number of aliphatic carboxylic acids is 1. The summed E-state index contributed by atoms with van der Waals surface area (Å²) in [5.74, 6) is -20.9. The number of ether oxygens (including phenoxy) is 2. The number of carbonyl (C=O) groups is 18. The maximum Gasteiger partial charge on any atom is 0.326 e. The number of guanidine groups is 1. The van der Waals surface area contributed by atoms with Gasteiger partial charge in [0.1, 0.15) is 77.7 Å². The Hall–Kier alpha value is -14.6. The molecule has 4 heterocycles. The Kier molecular flexibility index (Phi) is 35.6. The Morgan fingerprint density at radius 1 is 0.600 bits per heavy atom. The molecule has 0 aliphatic carbocycles. The Bertz CT molecular complexity index is 4940. The van der Waals surface area contributed by atoms with Crippen molar-refractivity contribution in [1.82, 2.24) is 89.4 Å². The number of fused-ring (bicyclic) bond motifs is 2. The number of aromatic nitrogens is 3. The van der Waals surface area contributed by atoms with Crippen molar-refractivity contribution in [3.05, 3.63) is 132 Å². The predicted octanol–water partition coefficient (Wildman–Crippen LogP) is -5.73. The minimum atomic E-state index is -2.15. The number of methoxy groups -OCH3 is 1. The van der Waals surface area contributed by atoms with Gasteiger partial charge >= 0.3 is 5.97 Å². The molecule has 4 aromatic carbocycles. The van der Waals surface area contributed by atoms with Crippen molar-refractivity contribution in [3.8, 4) is 5.75 Å². The van der Waals surface area contributed by atoms with Crippen molar-refractivity contribution in [2.75, 3.05) is 33.4 Å². The minimum Gasteiger partial charge on any atom is -0.497 e. The van der Waals surface area contributed by atoms with E-state index in [1.54, 1.807) is 91.1 Å². The van der Waals surface area contributed by atoms with Gasteiger partial charge in [0.05, 0.1) is 44.8 Å². The van der Waals surface area contributed by atoms with Crippen LogP contribution < -0.4 is 108 Å². The molecule has 2 aliphatic rings. The summed E-state index contributed by atoms with van der Waals surface area (Å²) in [6, 6.07) is 5.41. The highest BCUT2D eigenvalue weighted by Crippen LogP contribution is 2.26. The van der Waals surface area contributed by atoms with Crippen molar-refractivity contribution < 1.29 is 101 Å². The highest BCUT2D eigenvalue weighted by Gasteiger charge is 2.46. The molecule has 0 saturated carbocycles. The third-order valence-electron chi connectivity index (χ3n) is 20.6. The van der Waals surface area contributed by atoms with Gasteiger partial charge in [-0.2, -0.15) is 0 Å². The first-order valence-corrected chi connectivity index (χ1v) is 40.1. The molecule has 2 aromatic heterocycles. The zero-order valence-electron chi connectivity index (χ0n) is 68.5. The quantitative estimate of drug-likeness (QED) is 0.0124. The Labute approximate surface area is 714 Å². The highest BCUT2D eigenvalue weighted by molar-refractivity contribution is 6.03. The number of hydrogen-bond acceptors (Lipinski definition) is 22. The average molecular weight is 1740 g/mol. The van der Waals surface area contributed by atoms with Crippen molar-refractivity contribution >= 4 is 134 Å². The Morgan fingerprint density at radius 2 is 1.17 bits per heavy atom. The molecule has 44 nitrogen and oxygen atoms in total. The summed E-state index contributed by atoms with van der Waals surface area (Å²) in [7, 11) is 1.41. The first-order valence-electron chi connectivity index (χ1n) is 40.1. The first-order chi connectivity index (χ1) is 59.5. The molecule has 2 aliphatic heterocycles. The summed E-state index contributed by atoms with van der Waals surface area (Å²) < 4.78 is 11.1. The van der Waals surface area contributed by atoms with E-state index in [0.29, 0.717) is 38.7 Å². The predicted molar refractivity (Wildman–Crippen MR) is 445 cm³/mol. The summed E-state index contributed by atoms with van der Waals surface area (Å²) in [4.78, 5) is 265. The van der Waals surface area contributed by atoms with E-state index in [9.17, 15) is 57.8 Å². The van der Waals surface area contributed by atoms with Crippen molar-refractivity contribution in [3.63, 3.8) is 0 Å². The van der Waals surface area contributed by atoms with Crippen LogP contribution in [0.5, 0.6) is 5.75 Å². The van der Waals surface area contributed by atoms with Crippen LogP contribution in [0.2, 0.25) is 0 Å².